The van der Waals surface area contributed by atoms with Crippen molar-refractivity contribution < 1.29 is 50.8 Å². The van der Waals surface area contributed by atoms with Crippen molar-refractivity contribution in [3.8, 4) is 0 Å². The van der Waals surface area contributed by atoms with Gasteiger partial charge in [-0.15, -0.1) is 0 Å². The zero-order chi connectivity index (χ0) is 18.1. The van der Waals surface area contributed by atoms with Gasteiger partial charge in [-0.1, -0.05) is 0 Å². The molecule has 0 fully saturated rings. The fraction of sp³-hybridized carbons (Fsp3) is 0.571. The SMILES string of the molecule is CCCCCCCCCC(=O)[NH][Zr+2]([CH]1C=Cc2ccccc21)[SiH](C)C.[Cl-].[Cl-]. The molecule has 0 saturated heterocycles. The Kier molecular flexibility index (Phi) is 15.1. The fourth-order valence-corrected chi connectivity index (χ4v) is 18.4. The first-order chi connectivity index (χ1) is 12.1. The van der Waals surface area contributed by atoms with Crippen LogP contribution in [0.4, 0.5) is 0 Å². The van der Waals surface area contributed by atoms with Crippen LogP contribution in [0.5, 0.6) is 0 Å². The Balaban J connectivity index is 0.00000338. The second-order valence-corrected chi connectivity index (χ2v) is 26.4. The molecule has 2 nitrogen and oxygen atoms in total. The van der Waals surface area contributed by atoms with Crippen LogP contribution in [0.3, 0.4) is 0 Å². The standard InChI is InChI=1S/C10H21NO.C9H7.C2H7Si.2ClH.Zr/c1-2-3-4-5-6-7-8-9-10(11)12;1-2-5-9-7-3-6-8(9)4-1;1-3-2;;;/h2-9H2,1H3,(H2,11,12);1-7H;3H,1-2H3;2*1H;/q;;;;;+3/p-3. The minimum Gasteiger partial charge on any atom is -1.00 e. The molecule has 27 heavy (non-hydrogen) atoms. The monoisotopic (exact) mass is 504 g/mol. The molecule has 1 aromatic rings. The Bertz CT molecular complexity index is 583. The second-order valence-electron chi connectivity index (χ2n) is 7.50. The van der Waals surface area contributed by atoms with Crippen molar-refractivity contribution in [3.05, 3.63) is 41.5 Å². The molecule has 0 bridgehead atoms. The van der Waals surface area contributed by atoms with Crippen LogP contribution in [0.2, 0.25) is 13.1 Å². The summed E-state index contributed by atoms with van der Waals surface area (Å²) in [4.78, 5) is 12.5. The van der Waals surface area contributed by atoms with Gasteiger partial charge in [-0.2, -0.15) is 0 Å². The van der Waals surface area contributed by atoms with Crippen LogP contribution in [0.1, 0.15) is 73.0 Å². The third-order valence-corrected chi connectivity index (χ3v) is 22.7. The first-order valence-corrected chi connectivity index (χ1v) is 19.9. The first kappa shape index (κ1) is 27.1. The number of hydrogen-bond acceptors (Lipinski definition) is 1. The molecule has 0 spiro atoms. The largest absolute Gasteiger partial charge is 1.00 e. The van der Waals surface area contributed by atoms with Crippen molar-refractivity contribution in [1.29, 1.82) is 0 Å². The summed E-state index contributed by atoms with van der Waals surface area (Å²) < 4.78 is 4.14. The number of amides is 1. The molecule has 0 aromatic heterocycles. The van der Waals surface area contributed by atoms with Crippen LogP contribution < -0.4 is 28.1 Å². The van der Waals surface area contributed by atoms with E-state index in [0.29, 0.717) is 9.53 Å². The predicted molar refractivity (Wildman–Crippen MR) is 108 cm³/mol. The van der Waals surface area contributed by atoms with Gasteiger partial charge in [-0.25, -0.2) is 0 Å². The number of benzene rings is 1. The summed E-state index contributed by atoms with van der Waals surface area (Å²) in [7, 11) is 0. The fourth-order valence-electron chi connectivity index (χ4n) is 3.57. The number of allylic oxidation sites excluding steroid dienone is 1. The Morgan fingerprint density at radius 3 is 2.33 bits per heavy atom. The minimum atomic E-state index is -1.94. The van der Waals surface area contributed by atoms with Gasteiger partial charge in [0.25, 0.3) is 0 Å². The van der Waals surface area contributed by atoms with Gasteiger partial charge in [0, 0.05) is 0 Å². The third-order valence-electron chi connectivity index (χ3n) is 5.05. The summed E-state index contributed by atoms with van der Waals surface area (Å²) in [6.45, 7) is 7.11. The average Bonchev–Trinajstić information content (AvgIpc) is 3.02. The molecule has 1 N–H and O–H groups in total. The maximum atomic E-state index is 12.5. The van der Waals surface area contributed by atoms with E-state index in [4.69, 9.17) is 0 Å². The summed E-state index contributed by atoms with van der Waals surface area (Å²) in [5, 5.41) is 0. The molecule has 6 heteroatoms. The topological polar surface area (TPSA) is 29.1 Å². The zero-order valence-electron chi connectivity index (χ0n) is 16.9. The van der Waals surface area contributed by atoms with E-state index >= 15 is 0 Å². The summed E-state index contributed by atoms with van der Waals surface area (Å²) in [5.74, 6) is -0.465. The Morgan fingerprint density at radius 2 is 1.67 bits per heavy atom. The van der Waals surface area contributed by atoms with Crippen LogP contribution >= 0.6 is 0 Å². The van der Waals surface area contributed by atoms with E-state index < -0.39 is 27.1 Å². The number of carbonyl (C=O) groups is 1. The number of unbranched alkanes of at least 4 members (excludes halogenated alkanes) is 6. The molecule has 0 saturated carbocycles. The molecule has 1 unspecified atom stereocenters. The molecule has 2 rings (SSSR count). The summed E-state index contributed by atoms with van der Waals surface area (Å²) in [6, 6.07) is 8.72. The van der Waals surface area contributed by atoms with E-state index in [0.717, 1.165) is 12.8 Å². The zero-order valence-corrected chi connectivity index (χ0v) is 22.1. The molecule has 0 radical (unpaired) electrons. The molecule has 0 heterocycles. The number of rotatable bonds is 11. The normalized spacial score (nSPS) is 14.3. The van der Waals surface area contributed by atoms with Gasteiger partial charge < -0.3 is 24.8 Å². The van der Waals surface area contributed by atoms with Crippen LogP contribution in [0, 0.1) is 0 Å². The quantitative estimate of drug-likeness (QED) is 0.319. The maximum Gasteiger partial charge on any atom is -1.00 e. The van der Waals surface area contributed by atoms with Crippen LogP contribution in [-0.2, 0) is 26.0 Å². The summed E-state index contributed by atoms with van der Waals surface area (Å²) >= 11 is -1.94. The van der Waals surface area contributed by atoms with Crippen LogP contribution in [0.25, 0.3) is 6.08 Å². The van der Waals surface area contributed by atoms with Gasteiger partial charge in [-0.05, 0) is 0 Å². The van der Waals surface area contributed by atoms with Gasteiger partial charge in [-0.3, -0.25) is 0 Å². The first-order valence-electron chi connectivity index (χ1n) is 10.1. The van der Waals surface area contributed by atoms with E-state index in [-0.39, 0.29) is 24.8 Å². The summed E-state index contributed by atoms with van der Waals surface area (Å²) in [5.41, 5.74) is 2.83. The molecule has 1 amide bonds. The molecule has 1 aliphatic carbocycles. The van der Waals surface area contributed by atoms with E-state index in [2.05, 4.69) is 59.7 Å². The van der Waals surface area contributed by atoms with Gasteiger partial charge in [0.05, 0.1) is 0 Å². The number of nitrogens with one attached hydrogen (secondary N) is 1. The minimum absolute atomic E-state index is 0. The smallest absolute Gasteiger partial charge is 1.00 e. The second kappa shape index (κ2) is 15.0. The Labute approximate surface area is 187 Å². The van der Waals surface area contributed by atoms with E-state index in [1.807, 2.05) is 0 Å². The van der Waals surface area contributed by atoms with Crippen LogP contribution in [0.15, 0.2) is 30.3 Å². The van der Waals surface area contributed by atoms with Gasteiger partial charge in [0.2, 0.25) is 0 Å². The van der Waals surface area contributed by atoms with Crippen molar-refractivity contribution in [1.82, 2.24) is 3.26 Å². The van der Waals surface area contributed by atoms with Crippen LogP contribution in [-0.4, -0.2) is 11.8 Å². The van der Waals surface area contributed by atoms with Crippen molar-refractivity contribution in [2.75, 3.05) is 0 Å². The van der Waals surface area contributed by atoms with E-state index in [1.54, 1.807) is 0 Å². The maximum absolute atomic E-state index is 12.5. The number of carbonyl (C=O) groups excluding carboxylic acids is 1. The third kappa shape index (κ3) is 8.98. The Morgan fingerprint density at radius 1 is 1.04 bits per heavy atom. The van der Waals surface area contributed by atoms with Gasteiger partial charge in [0.1, 0.15) is 0 Å². The van der Waals surface area contributed by atoms with Crippen molar-refractivity contribution in [2.24, 2.45) is 0 Å². The molecule has 0 aliphatic heterocycles. The molecular weight excluding hydrogens is 472 g/mol. The van der Waals surface area contributed by atoms with Crippen molar-refractivity contribution in [3.63, 3.8) is 0 Å². The van der Waals surface area contributed by atoms with E-state index in [9.17, 15) is 4.79 Å². The summed E-state index contributed by atoms with van der Waals surface area (Å²) in [6.07, 6.45) is 14.3. The Hall–Kier alpha value is 0.110. The molecular formula is C21H34Cl2NOSiZr. The number of fused-ring (bicyclic) bond motifs is 1. The predicted octanol–water partition coefficient (Wildman–Crippen LogP) is -0.464. The van der Waals surface area contributed by atoms with E-state index in [1.165, 1.54) is 49.7 Å². The average molecular weight is 507 g/mol. The van der Waals surface area contributed by atoms with Gasteiger partial charge in [0.15, 0.2) is 0 Å². The van der Waals surface area contributed by atoms with Crippen molar-refractivity contribution in [2.45, 2.75) is 75.0 Å². The van der Waals surface area contributed by atoms with Gasteiger partial charge >= 0.3 is 164 Å². The number of hydrogen-bond donors (Lipinski definition) is 1. The number of halogens is 2. The van der Waals surface area contributed by atoms with Crippen molar-refractivity contribution >= 4 is 17.9 Å². The molecule has 1 atom stereocenters. The molecule has 1 aliphatic rings. The molecule has 151 valence electrons. The molecule has 1 aromatic carbocycles.